The Kier molecular flexibility index (Phi) is 7.70. The minimum atomic E-state index is -4.58. The molecule has 3 aromatic carbocycles. The number of anilines is 2. The van der Waals surface area contributed by atoms with Gasteiger partial charge in [0.05, 0.1) is 10.5 Å². The van der Waals surface area contributed by atoms with E-state index in [0.29, 0.717) is 11.4 Å². The van der Waals surface area contributed by atoms with E-state index in [0.717, 1.165) is 28.7 Å². The van der Waals surface area contributed by atoms with Crippen LogP contribution in [0.1, 0.15) is 17.5 Å². The van der Waals surface area contributed by atoms with Crippen molar-refractivity contribution in [2.75, 3.05) is 15.8 Å². The number of halogens is 3. The molecule has 0 bridgehead atoms. The molecular weight excluding hydrogens is 473 g/mol. The normalized spacial score (nSPS) is 11.8. The van der Waals surface area contributed by atoms with Crippen molar-refractivity contribution in [1.82, 2.24) is 0 Å². The molecule has 0 heterocycles. The number of rotatable bonds is 8. The standard InChI is InChI=1S/C23H21F3N2O3S2/c1-16-5-9-20(10-6-16)32-14-13-22(29)27-18-7-11-21(12-8-18)33(30,31)28-19-4-2-3-17(15-19)23(24,25)26/h2-12,15,28H,13-14H2,1H3,(H,27,29). The van der Waals surface area contributed by atoms with Gasteiger partial charge in [0, 0.05) is 28.4 Å². The van der Waals surface area contributed by atoms with Crippen molar-refractivity contribution in [3.05, 3.63) is 83.9 Å². The van der Waals surface area contributed by atoms with Gasteiger partial charge in [-0.2, -0.15) is 13.2 Å². The van der Waals surface area contributed by atoms with Crippen LogP contribution in [0.25, 0.3) is 0 Å². The van der Waals surface area contributed by atoms with Crippen LogP contribution in [0.2, 0.25) is 0 Å². The Hall–Kier alpha value is -2.98. The molecule has 0 saturated heterocycles. The fourth-order valence-electron chi connectivity index (χ4n) is 2.81. The molecule has 33 heavy (non-hydrogen) atoms. The van der Waals surface area contributed by atoms with E-state index in [-0.39, 0.29) is 22.9 Å². The van der Waals surface area contributed by atoms with Crippen LogP contribution in [0.4, 0.5) is 24.5 Å². The molecule has 5 nitrogen and oxygen atoms in total. The number of carbonyl (C=O) groups is 1. The van der Waals surface area contributed by atoms with Crippen LogP contribution in [0.5, 0.6) is 0 Å². The third kappa shape index (κ3) is 7.26. The lowest BCUT2D eigenvalue weighted by molar-refractivity contribution is -0.137. The molecule has 0 aliphatic heterocycles. The summed E-state index contributed by atoms with van der Waals surface area (Å²) >= 11 is 1.56. The van der Waals surface area contributed by atoms with E-state index >= 15 is 0 Å². The van der Waals surface area contributed by atoms with Crippen LogP contribution < -0.4 is 10.0 Å². The first-order chi connectivity index (χ1) is 15.5. The lowest BCUT2D eigenvalue weighted by Crippen LogP contribution is -2.15. The van der Waals surface area contributed by atoms with E-state index in [9.17, 15) is 26.4 Å². The van der Waals surface area contributed by atoms with E-state index < -0.39 is 21.8 Å². The van der Waals surface area contributed by atoms with Gasteiger partial charge in [0.15, 0.2) is 0 Å². The van der Waals surface area contributed by atoms with E-state index in [2.05, 4.69) is 10.0 Å². The number of hydrogen-bond donors (Lipinski definition) is 2. The average molecular weight is 495 g/mol. The second-order valence-corrected chi connectivity index (χ2v) is 10.0. The Labute approximate surface area is 194 Å². The summed E-state index contributed by atoms with van der Waals surface area (Å²) in [6, 6.07) is 17.3. The van der Waals surface area contributed by atoms with Gasteiger partial charge in [0.25, 0.3) is 10.0 Å². The van der Waals surface area contributed by atoms with E-state index in [1.54, 1.807) is 11.8 Å². The van der Waals surface area contributed by atoms with E-state index in [1.807, 2.05) is 31.2 Å². The molecule has 0 spiro atoms. The number of nitrogens with one attached hydrogen (secondary N) is 2. The summed E-state index contributed by atoms with van der Waals surface area (Å²) in [4.78, 5) is 13.1. The molecule has 0 aliphatic rings. The summed E-state index contributed by atoms with van der Waals surface area (Å²) in [6.07, 6.45) is -4.31. The van der Waals surface area contributed by atoms with Crippen LogP contribution in [0.3, 0.4) is 0 Å². The zero-order valence-electron chi connectivity index (χ0n) is 17.5. The zero-order chi connectivity index (χ0) is 24.1. The fourth-order valence-corrected chi connectivity index (χ4v) is 4.71. The highest BCUT2D eigenvalue weighted by Gasteiger charge is 2.30. The predicted molar refractivity (Wildman–Crippen MR) is 124 cm³/mol. The van der Waals surface area contributed by atoms with Gasteiger partial charge in [-0.1, -0.05) is 23.8 Å². The molecule has 3 rings (SSSR count). The maximum Gasteiger partial charge on any atom is 0.416 e. The summed E-state index contributed by atoms with van der Waals surface area (Å²) in [6.45, 7) is 2.00. The second kappa shape index (κ2) is 10.3. The Morgan fingerprint density at radius 2 is 1.61 bits per heavy atom. The van der Waals surface area contributed by atoms with E-state index in [4.69, 9.17) is 0 Å². The molecule has 0 aliphatic carbocycles. The molecule has 174 valence electrons. The SMILES string of the molecule is Cc1ccc(SCCC(=O)Nc2ccc(S(=O)(=O)Nc3cccc(C(F)(F)F)c3)cc2)cc1. The predicted octanol–water partition coefficient (Wildman–Crippen LogP) is 5.94. The second-order valence-electron chi connectivity index (χ2n) is 7.17. The number of amides is 1. The molecule has 1 amide bonds. The van der Waals surface area contributed by atoms with Crippen LogP contribution in [0, 0.1) is 6.92 Å². The van der Waals surface area contributed by atoms with Crippen molar-refractivity contribution in [2.45, 2.75) is 29.3 Å². The molecular formula is C23H21F3N2O3S2. The largest absolute Gasteiger partial charge is 0.416 e. The van der Waals surface area contributed by atoms with Gasteiger partial charge in [-0.15, -0.1) is 11.8 Å². The Morgan fingerprint density at radius 1 is 0.939 bits per heavy atom. The molecule has 10 heteroatoms. The van der Waals surface area contributed by atoms with Crippen molar-refractivity contribution in [2.24, 2.45) is 0 Å². The number of benzene rings is 3. The minimum Gasteiger partial charge on any atom is -0.326 e. The molecule has 0 radical (unpaired) electrons. The molecule has 0 atom stereocenters. The minimum absolute atomic E-state index is 0.146. The lowest BCUT2D eigenvalue weighted by Gasteiger charge is -2.12. The third-order valence-electron chi connectivity index (χ3n) is 4.51. The lowest BCUT2D eigenvalue weighted by atomic mass is 10.2. The van der Waals surface area contributed by atoms with Crippen LogP contribution >= 0.6 is 11.8 Å². The van der Waals surface area contributed by atoms with Crippen molar-refractivity contribution in [3.63, 3.8) is 0 Å². The van der Waals surface area contributed by atoms with Crippen molar-refractivity contribution >= 4 is 39.1 Å². The average Bonchev–Trinajstić information content (AvgIpc) is 2.75. The summed E-state index contributed by atoms with van der Waals surface area (Å²) < 4.78 is 65.7. The maximum absolute atomic E-state index is 12.8. The summed E-state index contributed by atoms with van der Waals surface area (Å²) in [5.74, 6) is 0.370. The zero-order valence-corrected chi connectivity index (χ0v) is 19.2. The number of thioether (sulfide) groups is 1. The molecule has 0 saturated carbocycles. The summed E-state index contributed by atoms with van der Waals surface area (Å²) in [5, 5.41) is 2.70. The topological polar surface area (TPSA) is 75.3 Å². The van der Waals surface area contributed by atoms with Gasteiger partial charge in [-0.05, 0) is 61.5 Å². The molecule has 0 unspecified atom stereocenters. The number of carbonyl (C=O) groups excluding carboxylic acids is 1. The van der Waals surface area contributed by atoms with E-state index in [1.165, 1.54) is 30.3 Å². The number of hydrogen-bond acceptors (Lipinski definition) is 4. The highest BCUT2D eigenvalue weighted by molar-refractivity contribution is 7.99. The number of alkyl halides is 3. The Bertz CT molecular complexity index is 1210. The van der Waals surface area contributed by atoms with Crippen molar-refractivity contribution in [3.8, 4) is 0 Å². The Morgan fingerprint density at radius 3 is 2.24 bits per heavy atom. The highest BCUT2D eigenvalue weighted by Crippen LogP contribution is 2.31. The highest BCUT2D eigenvalue weighted by atomic mass is 32.2. The fraction of sp³-hybridized carbons (Fsp3) is 0.174. The van der Waals surface area contributed by atoms with Gasteiger partial charge >= 0.3 is 6.18 Å². The number of sulfonamides is 1. The van der Waals surface area contributed by atoms with Gasteiger partial charge in [-0.25, -0.2) is 8.42 Å². The molecule has 0 fully saturated rings. The quantitative estimate of drug-likeness (QED) is 0.380. The van der Waals surface area contributed by atoms with Crippen LogP contribution in [0.15, 0.2) is 82.6 Å². The van der Waals surface area contributed by atoms with Crippen LogP contribution in [-0.2, 0) is 21.0 Å². The van der Waals surface area contributed by atoms with Gasteiger partial charge in [-0.3, -0.25) is 9.52 Å². The first-order valence-corrected chi connectivity index (χ1v) is 12.3. The maximum atomic E-state index is 12.8. The number of aryl methyl sites for hydroxylation is 1. The Balaban J connectivity index is 1.56. The third-order valence-corrected chi connectivity index (χ3v) is 6.92. The molecule has 0 aromatic heterocycles. The monoisotopic (exact) mass is 494 g/mol. The van der Waals surface area contributed by atoms with Crippen molar-refractivity contribution in [1.29, 1.82) is 0 Å². The molecule has 2 N–H and O–H groups in total. The molecule has 3 aromatic rings. The van der Waals surface area contributed by atoms with Gasteiger partial charge < -0.3 is 5.32 Å². The van der Waals surface area contributed by atoms with Gasteiger partial charge in [0.2, 0.25) is 5.91 Å². The summed E-state index contributed by atoms with van der Waals surface area (Å²) in [5.41, 5.74) is 0.417. The smallest absolute Gasteiger partial charge is 0.326 e. The van der Waals surface area contributed by atoms with Gasteiger partial charge in [0.1, 0.15) is 0 Å². The van der Waals surface area contributed by atoms with Crippen LogP contribution in [-0.4, -0.2) is 20.1 Å². The first kappa shape index (κ1) is 24.7. The first-order valence-electron chi connectivity index (χ1n) is 9.82. The summed E-state index contributed by atoms with van der Waals surface area (Å²) in [7, 11) is -4.10. The van der Waals surface area contributed by atoms with Crippen molar-refractivity contribution < 1.29 is 26.4 Å².